The first-order valence-electron chi connectivity index (χ1n) is 6.56. The average Bonchev–Trinajstić information content (AvgIpc) is 2.46. The molecular formula is C16H17ClN2OS. The van der Waals surface area contributed by atoms with Crippen LogP contribution in [0.2, 0.25) is 5.02 Å². The number of nitrogen functional groups attached to an aromatic ring is 1. The minimum absolute atomic E-state index is 0.0754. The van der Waals surface area contributed by atoms with Crippen LogP contribution in [0.4, 0.5) is 11.4 Å². The topological polar surface area (TPSA) is 55.1 Å². The Kier molecular flexibility index (Phi) is 5.15. The van der Waals surface area contributed by atoms with Gasteiger partial charge in [0.2, 0.25) is 5.91 Å². The number of para-hydroxylation sites is 1. The summed E-state index contributed by atoms with van der Waals surface area (Å²) < 4.78 is 0. The van der Waals surface area contributed by atoms with Crippen LogP contribution in [0.5, 0.6) is 0 Å². The zero-order chi connectivity index (χ0) is 15.4. The van der Waals surface area contributed by atoms with Crippen LogP contribution >= 0.6 is 23.4 Å². The van der Waals surface area contributed by atoms with Gasteiger partial charge in [-0.15, -0.1) is 11.8 Å². The smallest absolute Gasteiger partial charge is 0.237 e. The molecular weight excluding hydrogens is 304 g/mol. The molecule has 0 bridgehead atoms. The van der Waals surface area contributed by atoms with E-state index in [1.165, 1.54) is 11.8 Å². The number of halogens is 1. The lowest BCUT2D eigenvalue weighted by atomic mass is 10.2. The van der Waals surface area contributed by atoms with Gasteiger partial charge in [-0.1, -0.05) is 29.8 Å². The van der Waals surface area contributed by atoms with Crippen LogP contribution in [0, 0.1) is 6.92 Å². The van der Waals surface area contributed by atoms with Crippen LogP contribution in [-0.2, 0) is 4.79 Å². The van der Waals surface area contributed by atoms with Crippen molar-refractivity contribution in [2.75, 3.05) is 11.1 Å². The fourth-order valence-corrected chi connectivity index (χ4v) is 2.89. The van der Waals surface area contributed by atoms with Crippen molar-refractivity contribution >= 4 is 40.6 Å². The van der Waals surface area contributed by atoms with Gasteiger partial charge in [0.1, 0.15) is 0 Å². The summed E-state index contributed by atoms with van der Waals surface area (Å²) in [6.45, 7) is 3.73. The summed E-state index contributed by atoms with van der Waals surface area (Å²) in [6, 6.07) is 13.0. The lowest BCUT2D eigenvalue weighted by Crippen LogP contribution is -2.23. The van der Waals surface area contributed by atoms with E-state index in [1.807, 2.05) is 50.2 Å². The lowest BCUT2D eigenvalue weighted by Gasteiger charge is -2.15. The summed E-state index contributed by atoms with van der Waals surface area (Å²) in [7, 11) is 0. The van der Waals surface area contributed by atoms with E-state index in [2.05, 4.69) is 5.32 Å². The quantitative estimate of drug-likeness (QED) is 0.650. The second-order valence-corrected chi connectivity index (χ2v) is 6.49. The highest BCUT2D eigenvalue weighted by Crippen LogP contribution is 2.29. The summed E-state index contributed by atoms with van der Waals surface area (Å²) in [6.07, 6.45) is 0. The molecule has 0 saturated heterocycles. The van der Waals surface area contributed by atoms with Crippen LogP contribution < -0.4 is 11.1 Å². The van der Waals surface area contributed by atoms with Gasteiger partial charge in [0.25, 0.3) is 0 Å². The molecule has 1 atom stereocenters. The van der Waals surface area contributed by atoms with Gasteiger partial charge in [-0.3, -0.25) is 4.79 Å². The van der Waals surface area contributed by atoms with Crippen LogP contribution in [0.25, 0.3) is 0 Å². The molecule has 110 valence electrons. The van der Waals surface area contributed by atoms with Crippen molar-refractivity contribution in [3.8, 4) is 0 Å². The molecule has 0 fully saturated rings. The number of benzene rings is 2. The molecule has 0 saturated carbocycles. The molecule has 2 aromatic rings. The molecule has 21 heavy (non-hydrogen) atoms. The Morgan fingerprint density at radius 3 is 2.67 bits per heavy atom. The summed E-state index contributed by atoms with van der Waals surface area (Å²) in [4.78, 5) is 13.2. The fourth-order valence-electron chi connectivity index (χ4n) is 1.81. The van der Waals surface area contributed by atoms with Crippen molar-refractivity contribution in [2.24, 2.45) is 0 Å². The first kappa shape index (κ1) is 15.7. The third-order valence-corrected chi connectivity index (χ3v) is 4.72. The lowest BCUT2D eigenvalue weighted by molar-refractivity contribution is -0.115. The van der Waals surface area contributed by atoms with Crippen molar-refractivity contribution in [1.29, 1.82) is 0 Å². The van der Waals surface area contributed by atoms with Gasteiger partial charge >= 0.3 is 0 Å². The number of carbonyl (C=O) groups excluding carboxylic acids is 1. The Hall–Kier alpha value is -1.65. The van der Waals surface area contributed by atoms with Gasteiger partial charge in [-0.2, -0.15) is 0 Å². The minimum atomic E-state index is -0.256. The molecule has 0 aliphatic rings. The predicted octanol–water partition coefficient (Wildman–Crippen LogP) is 4.35. The molecule has 1 unspecified atom stereocenters. The summed E-state index contributed by atoms with van der Waals surface area (Å²) >= 11 is 7.49. The van der Waals surface area contributed by atoms with Gasteiger partial charge in [0, 0.05) is 21.3 Å². The van der Waals surface area contributed by atoms with E-state index in [-0.39, 0.29) is 11.2 Å². The molecule has 3 N–H and O–H groups in total. The highest BCUT2D eigenvalue weighted by atomic mass is 35.5. The summed E-state index contributed by atoms with van der Waals surface area (Å²) in [5.41, 5.74) is 8.18. The Bertz CT molecular complexity index is 660. The number of thioether (sulfide) groups is 1. The normalized spacial score (nSPS) is 12.0. The Labute approximate surface area is 133 Å². The highest BCUT2D eigenvalue weighted by Gasteiger charge is 2.16. The highest BCUT2D eigenvalue weighted by molar-refractivity contribution is 8.00. The van der Waals surface area contributed by atoms with Crippen molar-refractivity contribution in [1.82, 2.24) is 0 Å². The van der Waals surface area contributed by atoms with E-state index in [9.17, 15) is 4.79 Å². The third-order valence-electron chi connectivity index (χ3n) is 3.12. The zero-order valence-corrected chi connectivity index (χ0v) is 13.5. The minimum Gasteiger partial charge on any atom is -0.398 e. The Morgan fingerprint density at radius 2 is 1.95 bits per heavy atom. The standard InChI is InChI=1S/C16H17ClN2OS/c1-10-12(17)6-5-8-14(10)19-16(20)11(2)21-15-9-4-3-7-13(15)18/h3-9,11H,18H2,1-2H3,(H,19,20). The largest absolute Gasteiger partial charge is 0.398 e. The zero-order valence-electron chi connectivity index (χ0n) is 11.9. The number of anilines is 2. The first-order chi connectivity index (χ1) is 9.99. The fraction of sp³-hybridized carbons (Fsp3) is 0.188. The van der Waals surface area contributed by atoms with Crippen molar-refractivity contribution in [3.05, 3.63) is 53.1 Å². The van der Waals surface area contributed by atoms with Crippen LogP contribution in [0.1, 0.15) is 12.5 Å². The van der Waals surface area contributed by atoms with E-state index in [0.717, 1.165) is 16.1 Å². The molecule has 0 aliphatic heterocycles. The molecule has 0 aliphatic carbocycles. The molecule has 1 amide bonds. The molecule has 0 aromatic heterocycles. The monoisotopic (exact) mass is 320 g/mol. The first-order valence-corrected chi connectivity index (χ1v) is 7.82. The second-order valence-electron chi connectivity index (χ2n) is 4.70. The van der Waals surface area contributed by atoms with Gasteiger partial charge in [-0.05, 0) is 43.7 Å². The van der Waals surface area contributed by atoms with E-state index in [4.69, 9.17) is 17.3 Å². The third kappa shape index (κ3) is 3.93. The van der Waals surface area contributed by atoms with Crippen LogP contribution in [0.3, 0.4) is 0 Å². The van der Waals surface area contributed by atoms with E-state index in [1.54, 1.807) is 6.07 Å². The van der Waals surface area contributed by atoms with Gasteiger partial charge in [-0.25, -0.2) is 0 Å². The average molecular weight is 321 g/mol. The van der Waals surface area contributed by atoms with Crippen molar-refractivity contribution in [2.45, 2.75) is 24.0 Å². The van der Waals surface area contributed by atoms with E-state index >= 15 is 0 Å². The number of amides is 1. The van der Waals surface area contributed by atoms with Crippen LogP contribution in [-0.4, -0.2) is 11.2 Å². The number of hydrogen-bond donors (Lipinski definition) is 2. The van der Waals surface area contributed by atoms with Gasteiger partial charge < -0.3 is 11.1 Å². The second kappa shape index (κ2) is 6.87. The van der Waals surface area contributed by atoms with Crippen molar-refractivity contribution < 1.29 is 4.79 Å². The maximum absolute atomic E-state index is 12.3. The van der Waals surface area contributed by atoms with Gasteiger partial charge in [0.15, 0.2) is 0 Å². The predicted molar refractivity (Wildman–Crippen MR) is 91.0 cm³/mol. The molecule has 0 radical (unpaired) electrons. The van der Waals surface area contributed by atoms with E-state index in [0.29, 0.717) is 10.7 Å². The molecule has 0 heterocycles. The molecule has 3 nitrogen and oxygen atoms in total. The van der Waals surface area contributed by atoms with E-state index < -0.39 is 0 Å². The molecule has 2 aromatic carbocycles. The number of rotatable bonds is 4. The van der Waals surface area contributed by atoms with Crippen LogP contribution in [0.15, 0.2) is 47.4 Å². The van der Waals surface area contributed by atoms with Gasteiger partial charge in [0.05, 0.1) is 5.25 Å². The number of nitrogens with one attached hydrogen (secondary N) is 1. The Morgan fingerprint density at radius 1 is 1.24 bits per heavy atom. The summed E-state index contributed by atoms with van der Waals surface area (Å²) in [5.74, 6) is -0.0754. The molecule has 5 heteroatoms. The number of hydrogen-bond acceptors (Lipinski definition) is 3. The number of nitrogens with two attached hydrogens (primary N) is 1. The SMILES string of the molecule is Cc1c(Cl)cccc1NC(=O)C(C)Sc1ccccc1N. The Balaban J connectivity index is 2.06. The summed E-state index contributed by atoms with van der Waals surface area (Å²) in [5, 5.41) is 3.29. The maximum atomic E-state index is 12.3. The maximum Gasteiger partial charge on any atom is 0.237 e. The molecule has 2 rings (SSSR count). The van der Waals surface area contributed by atoms with Crippen molar-refractivity contribution in [3.63, 3.8) is 0 Å². The number of carbonyl (C=O) groups is 1. The molecule has 0 spiro atoms.